The van der Waals surface area contributed by atoms with Crippen molar-refractivity contribution in [1.29, 1.82) is 0 Å². The molecular weight excluding hydrogens is 456 g/mol. The highest BCUT2D eigenvalue weighted by molar-refractivity contribution is 5.91. The van der Waals surface area contributed by atoms with Crippen LogP contribution in [0.25, 0.3) is 11.2 Å². The van der Waals surface area contributed by atoms with Crippen molar-refractivity contribution in [2.24, 2.45) is 5.92 Å². The molecule has 0 aliphatic carbocycles. The highest BCUT2D eigenvalue weighted by Gasteiger charge is 2.45. The number of alkyl carbamates (subject to hydrolysis) is 1. The van der Waals surface area contributed by atoms with Gasteiger partial charge in [0.1, 0.15) is 18.8 Å². The minimum Gasteiger partial charge on any atom is -0.445 e. The van der Waals surface area contributed by atoms with Gasteiger partial charge in [-0.3, -0.25) is 24.5 Å². The van der Waals surface area contributed by atoms with E-state index in [1.54, 1.807) is 13.8 Å². The molecule has 1 fully saturated rings. The van der Waals surface area contributed by atoms with Crippen molar-refractivity contribution in [2.45, 2.75) is 58.3 Å². The van der Waals surface area contributed by atoms with Gasteiger partial charge < -0.3 is 19.9 Å². The number of carbonyl (C=O) groups excluding carboxylic acids is 2. The number of anilines is 1. The number of hydrogen-bond acceptors (Lipinski definition) is 8. The summed E-state index contributed by atoms with van der Waals surface area (Å²) in [5.41, 5.74) is 0.418. The minimum atomic E-state index is -1.05. The Balaban J connectivity index is 1.60. The molecule has 4 N–H and O–H groups in total. The summed E-state index contributed by atoms with van der Waals surface area (Å²) in [5.74, 6) is -0.687. The smallest absolute Gasteiger partial charge is 0.407 e. The summed E-state index contributed by atoms with van der Waals surface area (Å²) in [7, 11) is 0. The molecule has 2 aromatic heterocycles. The van der Waals surface area contributed by atoms with Crippen molar-refractivity contribution in [1.82, 2.24) is 24.8 Å². The topological polar surface area (TPSA) is 160 Å². The Kier molecular flexibility index (Phi) is 7.12. The van der Waals surface area contributed by atoms with Gasteiger partial charge >= 0.3 is 6.09 Å². The molecule has 2 amide bonds. The molecule has 0 saturated carbocycles. The first-order chi connectivity index (χ1) is 16.8. The first kappa shape index (κ1) is 24.4. The zero-order chi connectivity index (χ0) is 25.1. The molecule has 3 aromatic rings. The first-order valence-corrected chi connectivity index (χ1v) is 11.4. The Morgan fingerprint density at radius 2 is 2.03 bits per heavy atom. The molecular formula is C23H28N6O6. The molecule has 35 heavy (non-hydrogen) atoms. The van der Waals surface area contributed by atoms with Crippen molar-refractivity contribution in [3.05, 3.63) is 52.6 Å². The summed E-state index contributed by atoms with van der Waals surface area (Å²) in [6.45, 7) is 5.32. The number of aliphatic hydroxyl groups is 1. The third kappa shape index (κ3) is 5.17. The molecule has 0 radical (unpaired) electrons. The number of ether oxygens (including phenoxy) is 2. The second kappa shape index (κ2) is 10.2. The van der Waals surface area contributed by atoms with Gasteiger partial charge in [0.2, 0.25) is 11.9 Å². The van der Waals surface area contributed by atoms with Crippen LogP contribution in [0.3, 0.4) is 0 Å². The standard InChI is InChI=1S/C23H28N6O6/c1-4-14-17(30)15(25-23(33)34-10-13-8-6-5-7-9-13)21(35-14)29-11-24-16-18(29)26-22(28-20(16)32)27-19(31)12(2)3/h5-9,11-12,14-15,17,21,30H,4,10H2,1-3H3,(H,25,33)(H2,26,27,28,31,32)/t14-,15-,17-,21-/m1/s1. The van der Waals surface area contributed by atoms with Crippen molar-refractivity contribution < 1.29 is 24.2 Å². The maximum Gasteiger partial charge on any atom is 0.407 e. The molecule has 0 spiro atoms. The number of aromatic amines is 1. The zero-order valence-electron chi connectivity index (χ0n) is 19.6. The molecule has 12 nitrogen and oxygen atoms in total. The number of imidazole rings is 1. The Hall–Kier alpha value is -3.77. The van der Waals surface area contributed by atoms with Crippen molar-refractivity contribution in [3.63, 3.8) is 0 Å². The number of aromatic nitrogens is 4. The monoisotopic (exact) mass is 484 g/mol. The summed E-state index contributed by atoms with van der Waals surface area (Å²) >= 11 is 0. The van der Waals surface area contributed by atoms with Crippen molar-refractivity contribution in [3.8, 4) is 0 Å². The summed E-state index contributed by atoms with van der Waals surface area (Å²) < 4.78 is 12.8. The summed E-state index contributed by atoms with van der Waals surface area (Å²) in [6, 6.07) is 8.28. The van der Waals surface area contributed by atoms with Crippen LogP contribution in [0.2, 0.25) is 0 Å². The van der Waals surface area contributed by atoms with Crippen LogP contribution < -0.4 is 16.2 Å². The summed E-state index contributed by atoms with van der Waals surface area (Å²) in [5, 5.41) is 16.1. The molecule has 3 heterocycles. The van der Waals surface area contributed by atoms with Gasteiger partial charge in [0.15, 0.2) is 17.4 Å². The molecule has 0 unspecified atom stereocenters. The predicted molar refractivity (Wildman–Crippen MR) is 125 cm³/mol. The number of aliphatic hydroxyl groups excluding tert-OH is 1. The van der Waals surface area contributed by atoms with Crippen LogP contribution in [0.15, 0.2) is 41.5 Å². The lowest BCUT2D eigenvalue weighted by Crippen LogP contribution is -2.46. The van der Waals surface area contributed by atoms with Gasteiger partial charge in [0.05, 0.1) is 12.4 Å². The molecule has 1 aliphatic rings. The maximum absolute atomic E-state index is 12.5. The number of amides is 2. The Labute approximate surface area is 200 Å². The number of rotatable bonds is 7. The highest BCUT2D eigenvalue weighted by atomic mass is 16.6. The van der Waals surface area contributed by atoms with E-state index < -0.39 is 36.1 Å². The van der Waals surface area contributed by atoms with E-state index in [0.29, 0.717) is 6.42 Å². The second-order valence-electron chi connectivity index (χ2n) is 8.58. The number of hydrogen-bond donors (Lipinski definition) is 4. The minimum absolute atomic E-state index is 0.0241. The average Bonchev–Trinajstić information content (AvgIpc) is 3.39. The number of nitrogens with zero attached hydrogens (tertiary/aromatic N) is 3. The molecule has 4 rings (SSSR count). The fourth-order valence-electron chi connectivity index (χ4n) is 3.81. The van der Waals surface area contributed by atoms with Gasteiger partial charge in [-0.1, -0.05) is 51.1 Å². The Bertz CT molecular complexity index is 1260. The fourth-order valence-corrected chi connectivity index (χ4v) is 3.81. The first-order valence-electron chi connectivity index (χ1n) is 11.4. The van der Waals surface area contributed by atoms with E-state index in [9.17, 15) is 19.5 Å². The van der Waals surface area contributed by atoms with Gasteiger partial charge in [-0.15, -0.1) is 0 Å². The van der Waals surface area contributed by atoms with Crippen LogP contribution in [0.1, 0.15) is 39.0 Å². The van der Waals surface area contributed by atoms with E-state index in [1.807, 2.05) is 37.3 Å². The van der Waals surface area contributed by atoms with Crippen molar-refractivity contribution >= 4 is 29.1 Å². The maximum atomic E-state index is 12.5. The molecule has 0 bridgehead atoms. The van der Waals surface area contributed by atoms with E-state index in [0.717, 1.165) is 5.56 Å². The molecule has 1 aliphatic heterocycles. The lowest BCUT2D eigenvalue weighted by molar-refractivity contribution is -0.118. The number of nitrogens with one attached hydrogen (secondary N) is 3. The normalized spacial score (nSPS) is 21.9. The summed E-state index contributed by atoms with van der Waals surface area (Å²) in [6.07, 6.45) is -1.46. The lowest BCUT2D eigenvalue weighted by Gasteiger charge is -2.22. The highest BCUT2D eigenvalue weighted by Crippen LogP contribution is 2.32. The van der Waals surface area contributed by atoms with Gasteiger partial charge in [-0.05, 0) is 12.0 Å². The van der Waals surface area contributed by atoms with E-state index in [-0.39, 0.29) is 35.5 Å². The number of H-pyrrole nitrogens is 1. The van der Waals surface area contributed by atoms with Gasteiger partial charge in [0, 0.05) is 5.92 Å². The van der Waals surface area contributed by atoms with E-state index in [4.69, 9.17) is 9.47 Å². The van der Waals surface area contributed by atoms with Crippen LogP contribution >= 0.6 is 0 Å². The molecule has 12 heteroatoms. The van der Waals surface area contributed by atoms with E-state index >= 15 is 0 Å². The summed E-state index contributed by atoms with van der Waals surface area (Å²) in [4.78, 5) is 48.1. The SMILES string of the molecule is CC[C@H]1O[C@@H](n2cnc3c(=O)[nH]c(NC(=O)C(C)C)nc32)[C@H](NC(=O)OCc2ccccc2)[C@@H]1O. The Morgan fingerprint density at radius 3 is 2.71 bits per heavy atom. The quantitative estimate of drug-likeness (QED) is 0.394. The number of fused-ring (bicyclic) bond motifs is 1. The van der Waals surface area contributed by atoms with Crippen LogP contribution in [0, 0.1) is 5.92 Å². The largest absolute Gasteiger partial charge is 0.445 e. The van der Waals surface area contributed by atoms with Gasteiger partial charge in [-0.25, -0.2) is 9.78 Å². The third-order valence-electron chi connectivity index (χ3n) is 5.74. The zero-order valence-corrected chi connectivity index (χ0v) is 19.6. The number of carbonyl (C=O) groups is 2. The second-order valence-corrected chi connectivity index (χ2v) is 8.58. The predicted octanol–water partition coefficient (Wildman–Crippen LogP) is 1.68. The fraction of sp³-hybridized carbons (Fsp3) is 0.435. The molecule has 1 saturated heterocycles. The molecule has 186 valence electrons. The van der Waals surface area contributed by atoms with Gasteiger partial charge in [0.25, 0.3) is 5.56 Å². The van der Waals surface area contributed by atoms with Gasteiger partial charge in [-0.2, -0.15) is 4.98 Å². The van der Waals surface area contributed by atoms with E-state index in [1.165, 1.54) is 10.9 Å². The lowest BCUT2D eigenvalue weighted by atomic mass is 10.1. The number of benzene rings is 1. The van der Waals surface area contributed by atoms with Crippen LogP contribution in [0.5, 0.6) is 0 Å². The van der Waals surface area contributed by atoms with E-state index in [2.05, 4.69) is 25.6 Å². The Morgan fingerprint density at radius 1 is 1.29 bits per heavy atom. The van der Waals surface area contributed by atoms with Crippen LogP contribution in [-0.4, -0.2) is 54.9 Å². The molecule has 1 aromatic carbocycles. The van der Waals surface area contributed by atoms with Crippen LogP contribution in [-0.2, 0) is 20.9 Å². The molecule has 4 atom stereocenters. The third-order valence-corrected chi connectivity index (χ3v) is 5.74. The van der Waals surface area contributed by atoms with Crippen LogP contribution in [0.4, 0.5) is 10.7 Å². The van der Waals surface area contributed by atoms with Crippen molar-refractivity contribution in [2.75, 3.05) is 5.32 Å². The average molecular weight is 485 g/mol.